The second kappa shape index (κ2) is 2.91. The maximum atomic E-state index is 11.3. The van der Waals surface area contributed by atoms with Gasteiger partial charge in [0.15, 0.2) is 0 Å². The summed E-state index contributed by atoms with van der Waals surface area (Å²) in [5.74, 6) is 0.989. The van der Waals surface area contributed by atoms with Gasteiger partial charge in [0.05, 0.1) is 12.7 Å². The van der Waals surface area contributed by atoms with Crippen molar-refractivity contribution in [3.8, 4) is 6.07 Å². The maximum absolute atomic E-state index is 11.3. The highest BCUT2D eigenvalue weighted by Crippen LogP contribution is 2.49. The molecule has 0 spiro atoms. The van der Waals surface area contributed by atoms with Crippen molar-refractivity contribution in [1.82, 2.24) is 4.90 Å². The van der Waals surface area contributed by atoms with E-state index in [1.54, 1.807) is 11.8 Å². The van der Waals surface area contributed by atoms with Gasteiger partial charge in [0.1, 0.15) is 6.04 Å². The predicted molar refractivity (Wildman–Crippen MR) is 44.7 cm³/mol. The molecule has 2 fully saturated rings. The minimum Gasteiger partial charge on any atom is -0.450 e. The molecule has 4 heteroatoms. The van der Waals surface area contributed by atoms with Crippen LogP contribution in [0.5, 0.6) is 0 Å². The molecule has 1 heterocycles. The number of likely N-dealkylation sites (tertiary alicyclic amines) is 1. The standard InChI is InChI=1S/C9H12N2O2/c1-2-13-9(12)11-5-6-3-7(6)8(11)4-10/h6-8H,2-3,5H2,1H3. The van der Waals surface area contributed by atoms with E-state index < -0.39 is 0 Å². The second-order valence-electron chi connectivity index (χ2n) is 3.58. The third-order valence-electron chi connectivity index (χ3n) is 2.78. The van der Waals surface area contributed by atoms with Crippen molar-refractivity contribution in [3.05, 3.63) is 0 Å². The van der Waals surface area contributed by atoms with E-state index in [1.807, 2.05) is 0 Å². The molecule has 1 saturated carbocycles. The van der Waals surface area contributed by atoms with Gasteiger partial charge in [-0.2, -0.15) is 5.26 Å². The van der Waals surface area contributed by atoms with Gasteiger partial charge in [0.2, 0.25) is 0 Å². The van der Waals surface area contributed by atoms with Crippen LogP contribution in [0.2, 0.25) is 0 Å². The number of fused-ring (bicyclic) bond motifs is 1. The quantitative estimate of drug-likeness (QED) is 0.604. The lowest BCUT2D eigenvalue weighted by Crippen LogP contribution is -2.37. The smallest absolute Gasteiger partial charge is 0.410 e. The molecule has 4 nitrogen and oxygen atoms in total. The molecule has 3 atom stereocenters. The van der Waals surface area contributed by atoms with Crippen LogP contribution in [0.1, 0.15) is 13.3 Å². The molecule has 0 aromatic heterocycles. The Hall–Kier alpha value is -1.24. The molecule has 13 heavy (non-hydrogen) atoms. The number of amides is 1. The number of rotatable bonds is 1. The van der Waals surface area contributed by atoms with Gasteiger partial charge >= 0.3 is 6.09 Å². The van der Waals surface area contributed by atoms with Crippen LogP contribution in [-0.2, 0) is 4.74 Å². The van der Waals surface area contributed by atoms with Crippen molar-refractivity contribution in [2.24, 2.45) is 11.8 Å². The van der Waals surface area contributed by atoms with Crippen molar-refractivity contribution < 1.29 is 9.53 Å². The van der Waals surface area contributed by atoms with E-state index in [-0.39, 0.29) is 12.1 Å². The average molecular weight is 180 g/mol. The molecule has 2 rings (SSSR count). The normalized spacial score (nSPS) is 35.1. The van der Waals surface area contributed by atoms with Crippen LogP contribution in [0, 0.1) is 23.2 Å². The Labute approximate surface area is 77.1 Å². The number of nitriles is 1. The summed E-state index contributed by atoms with van der Waals surface area (Å²) in [5, 5.41) is 8.85. The van der Waals surface area contributed by atoms with Gasteiger partial charge in [-0.3, -0.25) is 4.90 Å². The largest absolute Gasteiger partial charge is 0.450 e. The Kier molecular flexibility index (Phi) is 1.87. The lowest BCUT2D eigenvalue weighted by Gasteiger charge is -2.21. The van der Waals surface area contributed by atoms with Crippen LogP contribution < -0.4 is 0 Å². The monoisotopic (exact) mass is 180 g/mol. The molecule has 1 aliphatic carbocycles. The van der Waals surface area contributed by atoms with E-state index in [4.69, 9.17) is 10.00 Å². The molecule has 1 amide bonds. The van der Waals surface area contributed by atoms with Crippen LogP contribution in [-0.4, -0.2) is 30.2 Å². The summed E-state index contributed by atoms with van der Waals surface area (Å²) in [4.78, 5) is 12.9. The molecule has 1 aliphatic heterocycles. The molecule has 3 unspecified atom stereocenters. The Morgan fingerprint density at radius 1 is 1.77 bits per heavy atom. The third-order valence-corrected chi connectivity index (χ3v) is 2.78. The number of nitrogens with zero attached hydrogens (tertiary/aromatic N) is 2. The molecule has 70 valence electrons. The summed E-state index contributed by atoms with van der Waals surface area (Å²) in [7, 11) is 0. The molecule has 1 saturated heterocycles. The van der Waals surface area contributed by atoms with Crippen LogP contribution in [0.3, 0.4) is 0 Å². The fraction of sp³-hybridized carbons (Fsp3) is 0.778. The maximum Gasteiger partial charge on any atom is 0.410 e. The minimum absolute atomic E-state index is 0.232. The molecular weight excluding hydrogens is 168 g/mol. The zero-order chi connectivity index (χ0) is 9.42. The van der Waals surface area contributed by atoms with E-state index in [0.717, 1.165) is 6.42 Å². The zero-order valence-corrected chi connectivity index (χ0v) is 7.56. The summed E-state index contributed by atoms with van der Waals surface area (Å²) >= 11 is 0. The van der Waals surface area contributed by atoms with E-state index in [0.29, 0.717) is 25.0 Å². The third kappa shape index (κ3) is 1.24. The van der Waals surface area contributed by atoms with Crippen molar-refractivity contribution in [1.29, 1.82) is 5.26 Å². The first-order valence-corrected chi connectivity index (χ1v) is 4.61. The number of piperidine rings is 1. The Bertz CT molecular complexity index is 271. The molecule has 2 aliphatic rings. The van der Waals surface area contributed by atoms with Crippen molar-refractivity contribution in [2.45, 2.75) is 19.4 Å². The van der Waals surface area contributed by atoms with Crippen molar-refractivity contribution in [2.75, 3.05) is 13.2 Å². The molecule has 0 N–H and O–H groups in total. The second-order valence-corrected chi connectivity index (χ2v) is 3.58. The predicted octanol–water partition coefficient (Wildman–Crippen LogP) is 0.987. The summed E-state index contributed by atoms with van der Waals surface area (Å²) in [5.41, 5.74) is 0. The first-order chi connectivity index (χ1) is 6.27. The highest BCUT2D eigenvalue weighted by atomic mass is 16.6. The topological polar surface area (TPSA) is 53.3 Å². The first kappa shape index (κ1) is 8.36. The van der Waals surface area contributed by atoms with E-state index >= 15 is 0 Å². The van der Waals surface area contributed by atoms with Gasteiger partial charge in [0, 0.05) is 6.54 Å². The summed E-state index contributed by atoms with van der Waals surface area (Å²) in [6.45, 7) is 2.86. The van der Waals surface area contributed by atoms with Gasteiger partial charge in [-0.1, -0.05) is 0 Å². The van der Waals surface area contributed by atoms with Crippen LogP contribution >= 0.6 is 0 Å². The lowest BCUT2D eigenvalue weighted by molar-refractivity contribution is 0.104. The van der Waals surface area contributed by atoms with E-state index in [9.17, 15) is 4.79 Å². The van der Waals surface area contributed by atoms with Crippen molar-refractivity contribution >= 4 is 6.09 Å². The van der Waals surface area contributed by atoms with Crippen LogP contribution in [0.25, 0.3) is 0 Å². The molecule has 0 bridgehead atoms. The van der Waals surface area contributed by atoms with Gasteiger partial charge in [-0.15, -0.1) is 0 Å². The van der Waals surface area contributed by atoms with Crippen LogP contribution in [0.4, 0.5) is 4.79 Å². The highest BCUT2D eigenvalue weighted by molar-refractivity contribution is 5.69. The summed E-state index contributed by atoms with van der Waals surface area (Å²) in [6.07, 6.45) is 0.773. The Morgan fingerprint density at radius 2 is 2.54 bits per heavy atom. The van der Waals surface area contributed by atoms with Crippen LogP contribution in [0.15, 0.2) is 0 Å². The number of hydrogen-bond acceptors (Lipinski definition) is 3. The van der Waals surface area contributed by atoms with E-state index in [1.165, 1.54) is 0 Å². The number of carbonyl (C=O) groups is 1. The zero-order valence-electron chi connectivity index (χ0n) is 7.56. The lowest BCUT2D eigenvalue weighted by atomic mass is 10.2. The van der Waals surface area contributed by atoms with Gasteiger partial charge in [0.25, 0.3) is 0 Å². The fourth-order valence-corrected chi connectivity index (χ4v) is 2.02. The number of carbonyl (C=O) groups excluding carboxylic acids is 1. The van der Waals surface area contributed by atoms with E-state index in [2.05, 4.69) is 6.07 Å². The molecular formula is C9H12N2O2. The number of hydrogen-bond donors (Lipinski definition) is 0. The average Bonchev–Trinajstić information content (AvgIpc) is 2.78. The van der Waals surface area contributed by atoms with Gasteiger partial charge < -0.3 is 4.74 Å². The molecule has 0 aromatic carbocycles. The van der Waals surface area contributed by atoms with Gasteiger partial charge in [-0.05, 0) is 25.2 Å². The summed E-state index contributed by atoms with van der Waals surface area (Å²) in [6, 6.07) is 1.94. The summed E-state index contributed by atoms with van der Waals surface area (Å²) < 4.78 is 4.86. The fourth-order valence-electron chi connectivity index (χ4n) is 2.02. The van der Waals surface area contributed by atoms with Crippen molar-refractivity contribution in [3.63, 3.8) is 0 Å². The highest BCUT2D eigenvalue weighted by Gasteiger charge is 2.54. The van der Waals surface area contributed by atoms with Gasteiger partial charge in [-0.25, -0.2) is 4.79 Å². The molecule has 0 aromatic rings. The first-order valence-electron chi connectivity index (χ1n) is 4.61. The molecule has 0 radical (unpaired) electrons. The number of ether oxygens (including phenoxy) is 1. The minimum atomic E-state index is -0.332. The Morgan fingerprint density at radius 3 is 3.15 bits per heavy atom. The SMILES string of the molecule is CCOC(=O)N1CC2CC2C1C#N. The Balaban J connectivity index is 2.00.